The molecular weight excluding hydrogens is 370 g/mol. The van der Waals surface area contributed by atoms with E-state index < -0.39 is 20.9 Å². The molecule has 0 aliphatic rings. The zero-order valence-electron chi connectivity index (χ0n) is 12.9. The molecule has 0 radical (unpaired) electrons. The van der Waals surface area contributed by atoms with E-state index in [1.54, 1.807) is 0 Å². The third-order valence-electron chi connectivity index (χ3n) is 3.29. The highest BCUT2D eigenvalue weighted by molar-refractivity contribution is 6.67. The van der Waals surface area contributed by atoms with Crippen LogP contribution in [0.15, 0.2) is 0 Å². The van der Waals surface area contributed by atoms with Crippen molar-refractivity contribution < 1.29 is 14.3 Å². The molecule has 0 N–H and O–H groups in total. The molecule has 0 spiro atoms. The topological polar surface area (TPSA) is 43.4 Å². The molecule has 0 aliphatic heterocycles. The van der Waals surface area contributed by atoms with Crippen LogP contribution in [0, 0.1) is 5.92 Å². The number of unbranched alkanes of at least 4 members (excludes halogenated alkanes) is 6. The number of halogens is 4. The molecule has 7 heteroatoms. The van der Waals surface area contributed by atoms with Crippen LogP contribution in [-0.2, 0) is 14.3 Å². The van der Waals surface area contributed by atoms with Crippen LogP contribution in [0.25, 0.3) is 0 Å². The third-order valence-corrected chi connectivity index (χ3v) is 3.92. The van der Waals surface area contributed by atoms with Crippen molar-refractivity contribution >= 4 is 57.6 Å². The second kappa shape index (κ2) is 12.7. The summed E-state index contributed by atoms with van der Waals surface area (Å²) in [5.74, 6) is -1.10. The molecule has 0 aromatic rings. The minimum absolute atomic E-state index is 0.0705. The Bertz CT molecular complexity index is 329. The fourth-order valence-electron chi connectivity index (χ4n) is 2.07. The summed E-state index contributed by atoms with van der Waals surface area (Å²) in [7, 11) is 0. The molecular formula is C15H24Cl4O3. The Labute approximate surface area is 152 Å². The minimum Gasteiger partial charge on any atom is -0.461 e. The highest BCUT2D eigenvalue weighted by atomic mass is 35.6. The lowest BCUT2D eigenvalue weighted by molar-refractivity contribution is -0.145. The van der Waals surface area contributed by atoms with E-state index in [2.05, 4.69) is 6.92 Å². The third kappa shape index (κ3) is 13.9. The van der Waals surface area contributed by atoms with Crippen molar-refractivity contribution in [3.05, 3.63) is 0 Å². The maximum absolute atomic E-state index is 11.6. The Morgan fingerprint density at radius 1 is 1.00 bits per heavy atom. The van der Waals surface area contributed by atoms with Gasteiger partial charge in [-0.2, -0.15) is 0 Å². The van der Waals surface area contributed by atoms with Crippen LogP contribution in [0.3, 0.4) is 0 Å². The van der Waals surface area contributed by atoms with Gasteiger partial charge in [0, 0.05) is 5.92 Å². The van der Waals surface area contributed by atoms with Gasteiger partial charge in [0.05, 0.1) is 6.42 Å². The van der Waals surface area contributed by atoms with Gasteiger partial charge in [-0.25, -0.2) is 0 Å². The average Bonchev–Trinajstić information content (AvgIpc) is 2.42. The summed E-state index contributed by atoms with van der Waals surface area (Å²) < 4.78 is 3.17. The normalized spacial score (nSPS) is 13.0. The second-order valence-corrected chi connectivity index (χ2v) is 8.28. The van der Waals surface area contributed by atoms with Crippen molar-refractivity contribution in [2.45, 2.75) is 68.5 Å². The number of hydrogen-bond acceptors (Lipinski definition) is 3. The predicted molar refractivity (Wildman–Crippen MR) is 92.8 cm³/mol. The Morgan fingerprint density at radius 3 is 2.05 bits per heavy atom. The van der Waals surface area contributed by atoms with Gasteiger partial charge in [0.2, 0.25) is 9.03 Å². The Hall–Kier alpha value is 0.300. The molecule has 3 nitrogen and oxygen atoms in total. The van der Waals surface area contributed by atoms with Gasteiger partial charge in [-0.1, -0.05) is 86.7 Å². The zero-order valence-corrected chi connectivity index (χ0v) is 15.9. The summed E-state index contributed by atoms with van der Waals surface area (Å²) in [5.41, 5.74) is 0. The highest BCUT2D eigenvalue weighted by Gasteiger charge is 2.25. The fourth-order valence-corrected chi connectivity index (χ4v) is 2.42. The summed E-state index contributed by atoms with van der Waals surface area (Å²) in [6.07, 6.45) is 8.49. The SMILES string of the molecule is CCCCCCCCC[C@H](CC(=O)OCC(Cl)(Cl)Cl)C(=O)Cl. The first kappa shape index (κ1) is 22.3. The van der Waals surface area contributed by atoms with Crippen LogP contribution in [0.2, 0.25) is 0 Å². The van der Waals surface area contributed by atoms with E-state index >= 15 is 0 Å². The molecule has 130 valence electrons. The first-order valence-electron chi connectivity index (χ1n) is 7.68. The van der Waals surface area contributed by atoms with E-state index in [0.717, 1.165) is 19.3 Å². The van der Waals surface area contributed by atoms with E-state index in [9.17, 15) is 9.59 Å². The van der Waals surface area contributed by atoms with Gasteiger partial charge in [-0.05, 0) is 18.0 Å². The molecule has 0 amide bonds. The van der Waals surface area contributed by atoms with Crippen molar-refractivity contribution in [2.75, 3.05) is 6.61 Å². The number of carbonyl (C=O) groups excluding carboxylic acids is 2. The second-order valence-electron chi connectivity index (χ2n) is 5.39. The molecule has 1 atom stereocenters. The lowest BCUT2D eigenvalue weighted by atomic mass is 9.98. The van der Waals surface area contributed by atoms with Crippen molar-refractivity contribution in [2.24, 2.45) is 5.92 Å². The molecule has 0 aromatic heterocycles. The van der Waals surface area contributed by atoms with Gasteiger partial charge in [0.25, 0.3) is 0 Å². The first-order valence-corrected chi connectivity index (χ1v) is 9.19. The minimum atomic E-state index is -1.64. The molecule has 0 saturated carbocycles. The maximum Gasteiger partial charge on any atom is 0.306 e. The molecule has 0 fully saturated rings. The number of hydrogen-bond donors (Lipinski definition) is 0. The number of ether oxygens (including phenoxy) is 1. The van der Waals surface area contributed by atoms with E-state index in [0.29, 0.717) is 6.42 Å². The molecule has 0 aromatic carbocycles. The zero-order chi connectivity index (χ0) is 17.0. The maximum atomic E-state index is 11.6. The van der Waals surface area contributed by atoms with Crippen LogP contribution < -0.4 is 0 Å². The Kier molecular flexibility index (Phi) is 12.9. The molecule has 0 saturated heterocycles. The summed E-state index contributed by atoms with van der Waals surface area (Å²) in [4.78, 5) is 23.0. The summed E-state index contributed by atoms with van der Waals surface area (Å²) in [6, 6.07) is 0. The molecule has 0 rings (SSSR count). The smallest absolute Gasteiger partial charge is 0.306 e. The summed E-state index contributed by atoms with van der Waals surface area (Å²) in [5, 5.41) is -0.517. The first-order chi connectivity index (χ1) is 10.3. The molecule has 0 bridgehead atoms. The number of carbonyl (C=O) groups is 2. The van der Waals surface area contributed by atoms with E-state index in [1.807, 2.05) is 0 Å². The number of alkyl halides is 3. The van der Waals surface area contributed by atoms with Crippen LogP contribution >= 0.6 is 46.4 Å². The quantitative estimate of drug-likeness (QED) is 0.182. The van der Waals surface area contributed by atoms with Gasteiger partial charge in [-0.15, -0.1) is 0 Å². The Morgan fingerprint density at radius 2 is 1.55 bits per heavy atom. The highest BCUT2D eigenvalue weighted by Crippen LogP contribution is 2.26. The molecule has 0 unspecified atom stereocenters. The van der Waals surface area contributed by atoms with Gasteiger partial charge in [-0.3, -0.25) is 9.59 Å². The lowest BCUT2D eigenvalue weighted by Crippen LogP contribution is -2.21. The predicted octanol–water partition coefficient (Wildman–Crippen LogP) is 5.81. The average molecular weight is 394 g/mol. The fraction of sp³-hybridized carbons (Fsp3) is 0.867. The van der Waals surface area contributed by atoms with Crippen LogP contribution in [0.5, 0.6) is 0 Å². The van der Waals surface area contributed by atoms with Gasteiger partial charge < -0.3 is 4.74 Å². The molecule has 0 heterocycles. The van der Waals surface area contributed by atoms with Crippen LogP contribution in [0.4, 0.5) is 0 Å². The largest absolute Gasteiger partial charge is 0.461 e. The van der Waals surface area contributed by atoms with Crippen LogP contribution in [0.1, 0.15) is 64.7 Å². The van der Waals surface area contributed by atoms with Crippen molar-refractivity contribution in [3.8, 4) is 0 Å². The van der Waals surface area contributed by atoms with Crippen molar-refractivity contribution in [3.63, 3.8) is 0 Å². The van der Waals surface area contributed by atoms with Crippen molar-refractivity contribution in [1.82, 2.24) is 0 Å². The number of esters is 1. The van der Waals surface area contributed by atoms with E-state index in [-0.39, 0.29) is 13.0 Å². The number of rotatable bonds is 12. The monoisotopic (exact) mass is 392 g/mol. The van der Waals surface area contributed by atoms with E-state index in [1.165, 1.54) is 25.7 Å². The summed E-state index contributed by atoms with van der Waals surface area (Å²) in [6.45, 7) is 1.84. The van der Waals surface area contributed by atoms with Gasteiger partial charge in [0.1, 0.15) is 6.61 Å². The van der Waals surface area contributed by atoms with E-state index in [4.69, 9.17) is 51.1 Å². The lowest BCUT2D eigenvalue weighted by Gasteiger charge is -2.14. The summed E-state index contributed by atoms with van der Waals surface area (Å²) >= 11 is 22.0. The van der Waals surface area contributed by atoms with Crippen LogP contribution in [-0.4, -0.2) is 21.6 Å². The molecule has 22 heavy (non-hydrogen) atoms. The standard InChI is InChI=1S/C15H24Cl4O3/c1-2-3-4-5-6-7-8-9-12(14(16)21)10-13(20)22-11-15(17,18)19/h12H,2-11H2,1H3/t12-/m1/s1. The Balaban J connectivity index is 3.91. The molecule has 0 aliphatic carbocycles. The van der Waals surface area contributed by atoms with Gasteiger partial charge >= 0.3 is 5.97 Å². The van der Waals surface area contributed by atoms with Crippen molar-refractivity contribution in [1.29, 1.82) is 0 Å². The van der Waals surface area contributed by atoms with Gasteiger partial charge in [0.15, 0.2) is 0 Å².